The van der Waals surface area contributed by atoms with Crippen molar-refractivity contribution in [1.82, 2.24) is 0 Å². The molecule has 16 heavy (non-hydrogen) atoms. The van der Waals surface area contributed by atoms with Crippen molar-refractivity contribution in [2.24, 2.45) is 11.8 Å². The molecule has 2 heteroatoms. The van der Waals surface area contributed by atoms with E-state index in [9.17, 15) is 4.79 Å². The smallest absolute Gasteiger partial charge is 0.307 e. The zero-order valence-electron chi connectivity index (χ0n) is 9.86. The van der Waals surface area contributed by atoms with Crippen molar-refractivity contribution in [2.45, 2.75) is 33.1 Å². The molecule has 0 bridgehead atoms. The summed E-state index contributed by atoms with van der Waals surface area (Å²) in [4.78, 5) is 10.6. The summed E-state index contributed by atoms with van der Waals surface area (Å²) in [6, 6.07) is 6.14. The first-order valence-corrected chi connectivity index (χ1v) is 5.88. The van der Waals surface area contributed by atoms with Crippen molar-refractivity contribution in [3.05, 3.63) is 34.9 Å². The van der Waals surface area contributed by atoms with E-state index in [1.807, 2.05) is 6.07 Å². The molecular weight excluding hydrogens is 200 g/mol. The number of benzene rings is 1. The van der Waals surface area contributed by atoms with E-state index in [0.29, 0.717) is 5.92 Å². The molecule has 86 valence electrons. The standard InChI is InChI=1S/C14H18O2/c1-9(2)12-7-11-4-3-10(6-14(15)16)5-13(11)8-12/h3-5,9,12H,6-8H2,1-2H3,(H,15,16)/t12-/m0/s1. The summed E-state index contributed by atoms with van der Waals surface area (Å²) in [6.07, 6.45) is 2.40. The van der Waals surface area contributed by atoms with Crippen molar-refractivity contribution in [2.75, 3.05) is 0 Å². The van der Waals surface area contributed by atoms with Gasteiger partial charge in [0.25, 0.3) is 0 Å². The second-order valence-electron chi connectivity index (χ2n) is 5.09. The first kappa shape index (κ1) is 11.2. The Labute approximate surface area is 96.3 Å². The summed E-state index contributed by atoms with van der Waals surface area (Å²) >= 11 is 0. The molecule has 1 aromatic carbocycles. The van der Waals surface area contributed by atoms with Gasteiger partial charge in [-0.05, 0) is 41.4 Å². The first-order chi connectivity index (χ1) is 7.56. The molecule has 0 spiro atoms. The zero-order chi connectivity index (χ0) is 11.7. The van der Waals surface area contributed by atoms with Gasteiger partial charge in [-0.2, -0.15) is 0 Å². The Bertz CT molecular complexity index is 407. The lowest BCUT2D eigenvalue weighted by atomic mass is 9.93. The van der Waals surface area contributed by atoms with Crippen LogP contribution in [0.4, 0.5) is 0 Å². The highest BCUT2D eigenvalue weighted by Gasteiger charge is 2.23. The topological polar surface area (TPSA) is 37.3 Å². The van der Waals surface area contributed by atoms with Gasteiger partial charge in [-0.3, -0.25) is 4.79 Å². The van der Waals surface area contributed by atoms with Crippen LogP contribution in [0.1, 0.15) is 30.5 Å². The summed E-state index contributed by atoms with van der Waals surface area (Å²) in [5.74, 6) is 0.684. The minimum Gasteiger partial charge on any atom is -0.481 e. The molecule has 1 aliphatic carbocycles. The first-order valence-electron chi connectivity index (χ1n) is 5.88. The van der Waals surface area contributed by atoms with Crippen LogP contribution in [-0.2, 0) is 24.1 Å². The minimum absolute atomic E-state index is 0.139. The Hall–Kier alpha value is -1.31. The third-order valence-corrected chi connectivity index (χ3v) is 3.53. The number of carboxylic acids is 1. The lowest BCUT2D eigenvalue weighted by Crippen LogP contribution is -2.07. The van der Waals surface area contributed by atoms with Gasteiger partial charge in [0.1, 0.15) is 0 Å². The van der Waals surface area contributed by atoms with E-state index in [0.717, 1.165) is 24.3 Å². The molecule has 2 rings (SSSR count). The van der Waals surface area contributed by atoms with Gasteiger partial charge in [0.05, 0.1) is 6.42 Å². The molecule has 0 unspecified atom stereocenters. The quantitative estimate of drug-likeness (QED) is 0.847. The summed E-state index contributed by atoms with van der Waals surface area (Å²) in [5.41, 5.74) is 3.70. The normalized spacial score (nSPS) is 18.8. The van der Waals surface area contributed by atoms with Gasteiger partial charge in [-0.15, -0.1) is 0 Å². The predicted molar refractivity (Wildman–Crippen MR) is 63.5 cm³/mol. The van der Waals surface area contributed by atoms with Crippen LogP contribution in [0.5, 0.6) is 0 Å². The minimum atomic E-state index is -0.752. The maximum absolute atomic E-state index is 10.6. The van der Waals surface area contributed by atoms with Crippen LogP contribution in [0.15, 0.2) is 18.2 Å². The molecule has 1 aromatic rings. The lowest BCUT2D eigenvalue weighted by molar-refractivity contribution is -0.136. The van der Waals surface area contributed by atoms with E-state index in [4.69, 9.17) is 5.11 Å². The SMILES string of the molecule is CC(C)[C@H]1Cc2ccc(CC(=O)O)cc2C1. The Morgan fingerprint density at radius 2 is 2.06 bits per heavy atom. The van der Waals surface area contributed by atoms with Gasteiger partial charge in [0.15, 0.2) is 0 Å². The number of rotatable bonds is 3. The van der Waals surface area contributed by atoms with E-state index < -0.39 is 5.97 Å². The van der Waals surface area contributed by atoms with Crippen LogP contribution in [0.25, 0.3) is 0 Å². The number of aliphatic carboxylic acids is 1. The third kappa shape index (κ3) is 2.26. The van der Waals surface area contributed by atoms with Gasteiger partial charge >= 0.3 is 5.97 Å². The van der Waals surface area contributed by atoms with E-state index in [1.165, 1.54) is 11.1 Å². The van der Waals surface area contributed by atoms with Gasteiger partial charge in [-0.25, -0.2) is 0 Å². The molecule has 0 radical (unpaired) electrons. The van der Waals surface area contributed by atoms with Crippen molar-refractivity contribution >= 4 is 5.97 Å². The van der Waals surface area contributed by atoms with Crippen molar-refractivity contribution in [1.29, 1.82) is 0 Å². The fourth-order valence-electron chi connectivity index (χ4n) is 2.46. The highest BCUT2D eigenvalue weighted by molar-refractivity contribution is 5.70. The van der Waals surface area contributed by atoms with Gasteiger partial charge < -0.3 is 5.11 Å². The second-order valence-corrected chi connectivity index (χ2v) is 5.09. The molecule has 2 nitrogen and oxygen atoms in total. The fraction of sp³-hybridized carbons (Fsp3) is 0.500. The molecule has 0 fully saturated rings. The molecule has 1 atom stereocenters. The van der Waals surface area contributed by atoms with Crippen molar-refractivity contribution in [3.63, 3.8) is 0 Å². The maximum atomic E-state index is 10.6. The van der Waals surface area contributed by atoms with Crippen LogP contribution in [0.2, 0.25) is 0 Å². The summed E-state index contributed by atoms with van der Waals surface area (Å²) in [5, 5.41) is 8.76. The second kappa shape index (κ2) is 4.28. The highest BCUT2D eigenvalue weighted by Crippen LogP contribution is 2.31. The lowest BCUT2D eigenvalue weighted by Gasteiger charge is -2.12. The number of fused-ring (bicyclic) bond motifs is 1. The Morgan fingerprint density at radius 3 is 2.69 bits per heavy atom. The Balaban J connectivity index is 2.17. The molecule has 0 heterocycles. The van der Waals surface area contributed by atoms with Crippen molar-refractivity contribution < 1.29 is 9.90 Å². The average molecular weight is 218 g/mol. The van der Waals surface area contributed by atoms with E-state index >= 15 is 0 Å². The van der Waals surface area contributed by atoms with Crippen LogP contribution in [0.3, 0.4) is 0 Å². The number of carboxylic acid groups (broad SMARTS) is 1. The molecule has 0 saturated heterocycles. The number of carbonyl (C=O) groups is 1. The third-order valence-electron chi connectivity index (χ3n) is 3.53. The molecule has 0 aliphatic heterocycles. The molecular formula is C14H18O2. The van der Waals surface area contributed by atoms with Crippen LogP contribution < -0.4 is 0 Å². The van der Waals surface area contributed by atoms with E-state index in [1.54, 1.807) is 0 Å². The summed E-state index contributed by atoms with van der Waals surface area (Å²) in [7, 11) is 0. The van der Waals surface area contributed by atoms with Gasteiger partial charge in [0, 0.05) is 0 Å². The molecule has 0 aromatic heterocycles. The average Bonchev–Trinajstić information content (AvgIpc) is 2.59. The molecule has 0 amide bonds. The fourth-order valence-corrected chi connectivity index (χ4v) is 2.46. The number of hydrogen-bond donors (Lipinski definition) is 1. The van der Waals surface area contributed by atoms with Gasteiger partial charge in [-0.1, -0.05) is 32.0 Å². The highest BCUT2D eigenvalue weighted by atomic mass is 16.4. The maximum Gasteiger partial charge on any atom is 0.307 e. The molecule has 1 N–H and O–H groups in total. The van der Waals surface area contributed by atoms with E-state index in [-0.39, 0.29) is 6.42 Å². The summed E-state index contributed by atoms with van der Waals surface area (Å²) < 4.78 is 0. The van der Waals surface area contributed by atoms with Crippen LogP contribution in [0, 0.1) is 11.8 Å². The van der Waals surface area contributed by atoms with Crippen molar-refractivity contribution in [3.8, 4) is 0 Å². The monoisotopic (exact) mass is 218 g/mol. The Morgan fingerprint density at radius 1 is 1.38 bits per heavy atom. The van der Waals surface area contributed by atoms with Crippen LogP contribution in [-0.4, -0.2) is 11.1 Å². The van der Waals surface area contributed by atoms with E-state index in [2.05, 4.69) is 26.0 Å². The molecule has 1 aliphatic rings. The zero-order valence-corrected chi connectivity index (χ0v) is 9.86. The number of hydrogen-bond acceptors (Lipinski definition) is 1. The van der Waals surface area contributed by atoms with Gasteiger partial charge in [0.2, 0.25) is 0 Å². The largest absolute Gasteiger partial charge is 0.481 e. The van der Waals surface area contributed by atoms with Crippen LogP contribution >= 0.6 is 0 Å². The summed E-state index contributed by atoms with van der Waals surface area (Å²) in [6.45, 7) is 4.52. The molecule has 0 saturated carbocycles. The predicted octanol–water partition coefficient (Wildman–Crippen LogP) is 2.68. The Kier molecular flexibility index (Phi) is 2.99.